The predicted molar refractivity (Wildman–Crippen MR) is 75.7 cm³/mol. The highest BCUT2D eigenvalue weighted by Gasteiger charge is 2.22. The molecule has 1 unspecified atom stereocenters. The van der Waals surface area contributed by atoms with Gasteiger partial charge in [-0.25, -0.2) is 13.1 Å². The van der Waals surface area contributed by atoms with Gasteiger partial charge < -0.3 is 9.84 Å². The van der Waals surface area contributed by atoms with Crippen LogP contribution in [0.3, 0.4) is 0 Å². The molecule has 0 amide bonds. The van der Waals surface area contributed by atoms with E-state index in [9.17, 15) is 18.5 Å². The average molecular weight is 318 g/mol. The summed E-state index contributed by atoms with van der Waals surface area (Å²) in [5.41, 5.74) is -0.251. The quantitative estimate of drug-likeness (QED) is 0.543. The maximum absolute atomic E-state index is 12.2. The van der Waals surface area contributed by atoms with Gasteiger partial charge in [-0.2, -0.15) is 0 Å². The lowest BCUT2D eigenvalue weighted by Gasteiger charge is -2.13. The Labute approximate surface area is 122 Å². The maximum Gasteiger partial charge on any atom is 0.273 e. The molecule has 0 aliphatic heterocycles. The number of nitrogens with one attached hydrogen (secondary N) is 1. The summed E-state index contributed by atoms with van der Waals surface area (Å²) in [5.74, 6) is -0.125. The molecule has 0 saturated heterocycles. The van der Waals surface area contributed by atoms with Gasteiger partial charge in [-0.05, 0) is 18.4 Å². The molecule has 0 heterocycles. The van der Waals surface area contributed by atoms with Crippen LogP contribution in [0.2, 0.25) is 0 Å². The molecule has 0 radical (unpaired) electrons. The fourth-order valence-corrected chi connectivity index (χ4v) is 2.96. The van der Waals surface area contributed by atoms with Gasteiger partial charge in [-0.1, -0.05) is 6.92 Å². The minimum atomic E-state index is -3.84. The molecule has 0 spiro atoms. The monoisotopic (exact) mass is 318 g/mol. The number of hydrogen-bond acceptors (Lipinski definition) is 6. The number of benzene rings is 1. The van der Waals surface area contributed by atoms with Crippen molar-refractivity contribution in [2.24, 2.45) is 5.92 Å². The number of nitro benzene ring substituents is 1. The summed E-state index contributed by atoms with van der Waals surface area (Å²) in [7, 11) is -2.60. The van der Waals surface area contributed by atoms with Crippen molar-refractivity contribution in [3.8, 4) is 5.75 Å². The third-order valence-electron chi connectivity index (χ3n) is 2.89. The highest BCUT2D eigenvalue weighted by molar-refractivity contribution is 7.89. The minimum absolute atomic E-state index is 0.0241. The molecule has 2 N–H and O–H groups in total. The highest BCUT2D eigenvalue weighted by atomic mass is 32.2. The summed E-state index contributed by atoms with van der Waals surface area (Å²) in [5, 5.41) is 19.5. The third-order valence-corrected chi connectivity index (χ3v) is 4.35. The first kappa shape index (κ1) is 17.3. The first-order valence-corrected chi connectivity index (χ1v) is 7.73. The second-order valence-electron chi connectivity index (χ2n) is 4.56. The number of non-ortho nitro benzene ring substituents is 1. The Kier molecular flexibility index (Phi) is 6.06. The summed E-state index contributed by atoms with van der Waals surface area (Å²) in [6, 6.07) is 3.30. The summed E-state index contributed by atoms with van der Waals surface area (Å²) in [6.07, 6.45) is 0.472. The summed E-state index contributed by atoms with van der Waals surface area (Å²) in [4.78, 5) is 9.89. The topological polar surface area (TPSA) is 119 Å². The van der Waals surface area contributed by atoms with E-state index in [0.29, 0.717) is 6.42 Å². The molecular weight excluding hydrogens is 300 g/mol. The largest absolute Gasteiger partial charge is 0.495 e. The molecule has 1 atom stereocenters. The highest BCUT2D eigenvalue weighted by Crippen LogP contribution is 2.28. The first-order chi connectivity index (χ1) is 9.81. The summed E-state index contributed by atoms with van der Waals surface area (Å²) in [6.45, 7) is 1.93. The molecule has 0 bridgehead atoms. The number of aliphatic hydroxyl groups is 1. The lowest BCUT2D eigenvalue weighted by atomic mass is 10.1. The first-order valence-electron chi connectivity index (χ1n) is 6.24. The Bertz CT molecular complexity index is 602. The Hall–Kier alpha value is -1.71. The Morgan fingerprint density at radius 1 is 1.48 bits per heavy atom. The van der Waals surface area contributed by atoms with E-state index in [0.717, 1.165) is 18.2 Å². The Morgan fingerprint density at radius 2 is 2.14 bits per heavy atom. The van der Waals surface area contributed by atoms with Gasteiger partial charge in [0.2, 0.25) is 10.0 Å². The van der Waals surface area contributed by atoms with Crippen molar-refractivity contribution in [3.05, 3.63) is 28.3 Å². The number of rotatable bonds is 8. The number of hydrogen-bond donors (Lipinski definition) is 2. The van der Waals surface area contributed by atoms with Crippen molar-refractivity contribution in [1.29, 1.82) is 0 Å². The van der Waals surface area contributed by atoms with Crippen LogP contribution in [0.1, 0.15) is 13.3 Å². The SMILES string of the molecule is COc1cc([N+](=O)[O-])ccc1S(=O)(=O)NCC(C)CCO. The van der Waals surface area contributed by atoms with Crippen LogP contribution >= 0.6 is 0 Å². The van der Waals surface area contributed by atoms with Gasteiger partial charge >= 0.3 is 0 Å². The zero-order chi connectivity index (χ0) is 16.0. The molecule has 1 rings (SSSR count). The smallest absolute Gasteiger partial charge is 0.273 e. The van der Waals surface area contributed by atoms with E-state index in [1.165, 1.54) is 7.11 Å². The average Bonchev–Trinajstić information content (AvgIpc) is 2.44. The molecule has 0 fully saturated rings. The van der Waals surface area contributed by atoms with Gasteiger partial charge in [0.25, 0.3) is 5.69 Å². The maximum atomic E-state index is 12.2. The van der Waals surface area contributed by atoms with Crippen molar-refractivity contribution in [2.45, 2.75) is 18.2 Å². The van der Waals surface area contributed by atoms with Crippen LogP contribution in [0, 0.1) is 16.0 Å². The van der Waals surface area contributed by atoms with Gasteiger partial charge in [-0.3, -0.25) is 10.1 Å². The van der Waals surface area contributed by atoms with Crippen LogP contribution < -0.4 is 9.46 Å². The zero-order valence-electron chi connectivity index (χ0n) is 11.8. The van der Waals surface area contributed by atoms with E-state index in [1.54, 1.807) is 6.92 Å². The third kappa shape index (κ3) is 4.66. The molecule has 8 nitrogen and oxygen atoms in total. The van der Waals surface area contributed by atoms with Crippen LogP contribution in [0.15, 0.2) is 23.1 Å². The van der Waals surface area contributed by atoms with Crippen LogP contribution in [0.5, 0.6) is 5.75 Å². The van der Waals surface area contributed by atoms with E-state index >= 15 is 0 Å². The van der Waals surface area contributed by atoms with Gasteiger partial charge in [0.1, 0.15) is 10.6 Å². The van der Waals surface area contributed by atoms with E-state index in [4.69, 9.17) is 9.84 Å². The number of nitro groups is 1. The van der Waals surface area contributed by atoms with Gasteiger partial charge in [0, 0.05) is 19.2 Å². The van der Waals surface area contributed by atoms with Crippen molar-refractivity contribution in [3.63, 3.8) is 0 Å². The molecule has 21 heavy (non-hydrogen) atoms. The summed E-state index contributed by atoms with van der Waals surface area (Å²) < 4.78 is 31.7. The van der Waals surface area contributed by atoms with E-state index < -0.39 is 14.9 Å². The predicted octanol–water partition coefficient (Wildman–Crippen LogP) is 0.900. The van der Waals surface area contributed by atoms with E-state index in [-0.39, 0.29) is 35.4 Å². The van der Waals surface area contributed by atoms with Gasteiger partial charge in [0.15, 0.2) is 0 Å². The lowest BCUT2D eigenvalue weighted by molar-refractivity contribution is -0.385. The molecular formula is C12H18N2O6S. The molecule has 0 aliphatic rings. The number of nitrogens with zero attached hydrogens (tertiary/aromatic N) is 1. The van der Waals surface area contributed by atoms with Crippen LogP contribution in [0.4, 0.5) is 5.69 Å². The lowest BCUT2D eigenvalue weighted by Crippen LogP contribution is -2.29. The van der Waals surface area contributed by atoms with E-state index in [1.807, 2.05) is 0 Å². The van der Waals surface area contributed by atoms with Crippen molar-refractivity contribution < 1.29 is 23.2 Å². The van der Waals surface area contributed by atoms with Crippen molar-refractivity contribution in [1.82, 2.24) is 4.72 Å². The molecule has 9 heteroatoms. The minimum Gasteiger partial charge on any atom is -0.495 e. The van der Waals surface area contributed by atoms with Crippen LogP contribution in [-0.4, -0.2) is 38.7 Å². The zero-order valence-corrected chi connectivity index (χ0v) is 12.6. The molecule has 0 aliphatic carbocycles. The van der Waals surface area contributed by atoms with Crippen LogP contribution in [0.25, 0.3) is 0 Å². The second-order valence-corrected chi connectivity index (χ2v) is 6.30. The van der Waals surface area contributed by atoms with Gasteiger partial charge in [-0.15, -0.1) is 0 Å². The number of ether oxygens (including phenoxy) is 1. The van der Waals surface area contributed by atoms with E-state index in [2.05, 4.69) is 4.72 Å². The normalized spacial score (nSPS) is 12.9. The molecule has 118 valence electrons. The van der Waals surface area contributed by atoms with Gasteiger partial charge in [0.05, 0.1) is 18.1 Å². The standard InChI is InChI=1S/C12H18N2O6S/c1-9(5-6-15)8-13-21(18,19)12-4-3-10(14(16)17)7-11(12)20-2/h3-4,7,9,13,15H,5-6,8H2,1-2H3. The fraction of sp³-hybridized carbons (Fsp3) is 0.500. The van der Waals surface area contributed by atoms with Crippen LogP contribution in [-0.2, 0) is 10.0 Å². The summed E-state index contributed by atoms with van der Waals surface area (Å²) >= 11 is 0. The Balaban J connectivity index is 3.00. The van der Waals surface area contributed by atoms with Crippen molar-refractivity contribution in [2.75, 3.05) is 20.3 Å². The fourth-order valence-electron chi connectivity index (χ4n) is 1.64. The molecule has 0 aromatic heterocycles. The number of aliphatic hydroxyl groups excluding tert-OH is 1. The molecule has 1 aromatic carbocycles. The Morgan fingerprint density at radius 3 is 2.67 bits per heavy atom. The number of sulfonamides is 1. The molecule has 0 saturated carbocycles. The number of methoxy groups -OCH3 is 1. The van der Waals surface area contributed by atoms with Crippen molar-refractivity contribution >= 4 is 15.7 Å². The molecule has 1 aromatic rings. The second kappa shape index (κ2) is 7.34.